The number of piperazine rings is 1. The minimum Gasteiger partial charge on any atom is -0.336 e. The lowest BCUT2D eigenvalue weighted by Crippen LogP contribution is -2.60. The van der Waals surface area contributed by atoms with Crippen LogP contribution in [-0.2, 0) is 21.1 Å². The Morgan fingerprint density at radius 2 is 1.93 bits per heavy atom. The fourth-order valence-corrected chi connectivity index (χ4v) is 5.97. The van der Waals surface area contributed by atoms with Crippen molar-refractivity contribution in [2.24, 2.45) is 0 Å². The number of carbonyl (C=O) groups is 1. The number of carbonyl (C=O) groups excluding carboxylic acids is 1. The van der Waals surface area contributed by atoms with Gasteiger partial charge in [0.25, 0.3) is 0 Å². The van der Waals surface area contributed by atoms with Crippen LogP contribution in [0.3, 0.4) is 0 Å². The van der Waals surface area contributed by atoms with Crippen molar-refractivity contribution < 1.29 is 17.6 Å². The van der Waals surface area contributed by atoms with E-state index in [0.717, 1.165) is 5.56 Å². The maximum Gasteiger partial charge on any atom is 0.227 e. The average molecular weight is 395 g/mol. The lowest BCUT2D eigenvalue weighted by atomic mass is 10.0. The summed E-state index contributed by atoms with van der Waals surface area (Å²) in [6, 6.07) is 4.22. The maximum absolute atomic E-state index is 13.5. The van der Waals surface area contributed by atoms with E-state index >= 15 is 0 Å². The van der Waals surface area contributed by atoms with Crippen molar-refractivity contribution in [2.75, 3.05) is 31.1 Å². The number of fused-ring (bicyclic) bond motifs is 1. The zero-order valence-corrected chi connectivity index (χ0v) is 16.9. The van der Waals surface area contributed by atoms with Gasteiger partial charge in [0.2, 0.25) is 5.91 Å². The smallest absolute Gasteiger partial charge is 0.227 e. The second kappa shape index (κ2) is 7.72. The van der Waals surface area contributed by atoms with Crippen LogP contribution in [0, 0.1) is 12.7 Å². The molecular formula is C20H27FN2O3S. The number of sulfone groups is 1. The number of nitrogens with zero attached hydrogens (tertiary/aromatic N) is 2. The first-order valence-electron chi connectivity index (χ1n) is 9.28. The molecule has 0 saturated carbocycles. The van der Waals surface area contributed by atoms with E-state index in [1.165, 1.54) is 11.6 Å². The molecule has 1 amide bonds. The number of halogens is 1. The number of benzene rings is 1. The molecule has 0 radical (unpaired) electrons. The highest BCUT2D eigenvalue weighted by Gasteiger charge is 2.47. The van der Waals surface area contributed by atoms with E-state index in [2.05, 4.69) is 11.0 Å². The molecule has 2 heterocycles. The Morgan fingerprint density at radius 3 is 2.59 bits per heavy atom. The normalized spacial score (nSPS) is 24.5. The minimum absolute atomic E-state index is 0.0250. The maximum atomic E-state index is 13.5. The van der Waals surface area contributed by atoms with E-state index < -0.39 is 9.84 Å². The Morgan fingerprint density at radius 1 is 1.22 bits per heavy atom. The zero-order chi connectivity index (χ0) is 19.8. The van der Waals surface area contributed by atoms with Crippen molar-refractivity contribution in [3.8, 4) is 0 Å². The van der Waals surface area contributed by atoms with Crippen molar-refractivity contribution in [1.29, 1.82) is 0 Å². The standard InChI is InChI=1S/C20H27FN2O3S/c1-14(2)6-7-22-8-9-23(19-13-27(25,26)12-18(19)22)20(24)11-16-4-5-17(21)15(3)10-16/h4-6,10,18-19H,7-9,11-13H2,1-3H3/t18-,19+/m0/s1. The van der Waals surface area contributed by atoms with Crippen LogP contribution in [-0.4, -0.2) is 67.3 Å². The van der Waals surface area contributed by atoms with E-state index in [1.54, 1.807) is 24.0 Å². The SMILES string of the molecule is CC(C)=CCN1CCN(C(=O)Cc2ccc(F)c(C)c2)[C@@H]2CS(=O)(=O)C[C@@H]21. The van der Waals surface area contributed by atoms with Crippen molar-refractivity contribution in [3.63, 3.8) is 0 Å². The molecule has 0 aromatic heterocycles. The molecule has 0 N–H and O–H groups in total. The highest BCUT2D eigenvalue weighted by molar-refractivity contribution is 7.91. The molecule has 3 rings (SSSR count). The predicted molar refractivity (Wildman–Crippen MR) is 104 cm³/mol. The number of allylic oxidation sites excluding steroid dienone is 1. The summed E-state index contributed by atoms with van der Waals surface area (Å²) in [6.45, 7) is 7.60. The molecule has 0 unspecified atom stereocenters. The Bertz CT molecular complexity index is 862. The van der Waals surface area contributed by atoms with E-state index in [-0.39, 0.29) is 41.7 Å². The third kappa shape index (κ3) is 4.58. The Hall–Kier alpha value is -1.73. The van der Waals surface area contributed by atoms with Gasteiger partial charge < -0.3 is 4.90 Å². The molecule has 2 saturated heterocycles. The largest absolute Gasteiger partial charge is 0.336 e. The van der Waals surface area contributed by atoms with Gasteiger partial charge in [-0.05, 0) is 38.0 Å². The Balaban J connectivity index is 1.77. The second-order valence-electron chi connectivity index (χ2n) is 7.84. The van der Waals surface area contributed by atoms with Crippen molar-refractivity contribution >= 4 is 15.7 Å². The molecule has 0 aliphatic carbocycles. The lowest BCUT2D eigenvalue weighted by molar-refractivity contribution is -0.136. The van der Waals surface area contributed by atoms with E-state index in [4.69, 9.17) is 0 Å². The van der Waals surface area contributed by atoms with Crippen molar-refractivity contribution in [1.82, 2.24) is 9.80 Å². The van der Waals surface area contributed by atoms with E-state index in [0.29, 0.717) is 25.2 Å². The summed E-state index contributed by atoms with van der Waals surface area (Å²) in [5.74, 6) is -0.249. The Kier molecular flexibility index (Phi) is 5.72. The summed E-state index contributed by atoms with van der Waals surface area (Å²) < 4.78 is 38.0. The Labute approximate surface area is 160 Å². The van der Waals surface area contributed by atoms with Gasteiger partial charge in [-0.25, -0.2) is 12.8 Å². The number of hydrogen-bond acceptors (Lipinski definition) is 4. The second-order valence-corrected chi connectivity index (χ2v) is 9.99. The first-order chi connectivity index (χ1) is 12.7. The van der Waals surface area contributed by atoms with Gasteiger partial charge in [-0.1, -0.05) is 23.8 Å². The molecule has 2 atom stereocenters. The fourth-order valence-electron chi connectivity index (χ4n) is 3.95. The van der Waals surface area contributed by atoms with Gasteiger partial charge in [0.05, 0.1) is 24.0 Å². The number of rotatable bonds is 4. The zero-order valence-electron chi connectivity index (χ0n) is 16.1. The molecule has 2 aliphatic heterocycles. The van der Waals surface area contributed by atoms with Gasteiger partial charge in [-0.3, -0.25) is 9.69 Å². The quantitative estimate of drug-likeness (QED) is 0.733. The van der Waals surface area contributed by atoms with E-state index in [1.807, 2.05) is 13.8 Å². The summed E-state index contributed by atoms with van der Waals surface area (Å²) in [7, 11) is -3.16. The first-order valence-corrected chi connectivity index (χ1v) is 11.1. The van der Waals surface area contributed by atoms with Gasteiger partial charge >= 0.3 is 0 Å². The van der Waals surface area contributed by atoms with Crippen LogP contribution in [0.2, 0.25) is 0 Å². The van der Waals surface area contributed by atoms with Crippen LogP contribution in [0.15, 0.2) is 29.8 Å². The van der Waals surface area contributed by atoms with Gasteiger partial charge in [0, 0.05) is 25.7 Å². The molecule has 0 spiro atoms. The molecule has 27 heavy (non-hydrogen) atoms. The van der Waals surface area contributed by atoms with Gasteiger partial charge in [-0.15, -0.1) is 0 Å². The number of aryl methyl sites for hydroxylation is 1. The number of amides is 1. The topological polar surface area (TPSA) is 57.7 Å². The molecule has 1 aromatic carbocycles. The third-order valence-electron chi connectivity index (χ3n) is 5.42. The van der Waals surface area contributed by atoms with Crippen LogP contribution < -0.4 is 0 Å². The van der Waals surface area contributed by atoms with Crippen molar-refractivity contribution in [2.45, 2.75) is 39.3 Å². The lowest BCUT2D eigenvalue weighted by Gasteiger charge is -2.43. The van der Waals surface area contributed by atoms with Crippen LogP contribution in [0.1, 0.15) is 25.0 Å². The van der Waals surface area contributed by atoms with Crippen LogP contribution in [0.5, 0.6) is 0 Å². The molecule has 2 fully saturated rings. The van der Waals surface area contributed by atoms with Crippen LogP contribution in [0.4, 0.5) is 4.39 Å². The highest BCUT2D eigenvalue weighted by Crippen LogP contribution is 2.27. The summed E-state index contributed by atoms with van der Waals surface area (Å²) in [5, 5.41) is 0. The van der Waals surface area contributed by atoms with Crippen molar-refractivity contribution in [3.05, 3.63) is 46.8 Å². The van der Waals surface area contributed by atoms with E-state index in [9.17, 15) is 17.6 Å². The molecule has 5 nitrogen and oxygen atoms in total. The van der Waals surface area contributed by atoms with Gasteiger partial charge in [0.15, 0.2) is 9.84 Å². The van der Waals surface area contributed by atoms with Crippen LogP contribution >= 0.6 is 0 Å². The average Bonchev–Trinajstić information content (AvgIpc) is 2.90. The predicted octanol–water partition coefficient (Wildman–Crippen LogP) is 1.95. The third-order valence-corrected chi connectivity index (χ3v) is 7.12. The summed E-state index contributed by atoms with van der Waals surface area (Å²) in [6.07, 6.45) is 2.26. The fraction of sp³-hybridized carbons (Fsp3) is 0.550. The summed E-state index contributed by atoms with van der Waals surface area (Å²) in [4.78, 5) is 16.8. The summed E-state index contributed by atoms with van der Waals surface area (Å²) >= 11 is 0. The molecule has 0 bridgehead atoms. The number of hydrogen-bond donors (Lipinski definition) is 0. The molecule has 7 heteroatoms. The van der Waals surface area contributed by atoms with Crippen LogP contribution in [0.25, 0.3) is 0 Å². The molecule has 2 aliphatic rings. The monoisotopic (exact) mass is 394 g/mol. The molecule has 1 aromatic rings. The van der Waals surface area contributed by atoms with Gasteiger partial charge in [0.1, 0.15) is 5.82 Å². The first kappa shape index (κ1) is 20.0. The van der Waals surface area contributed by atoms with Gasteiger partial charge in [-0.2, -0.15) is 0 Å². The molecular weight excluding hydrogens is 367 g/mol. The molecule has 148 valence electrons. The minimum atomic E-state index is -3.16. The summed E-state index contributed by atoms with van der Waals surface area (Å²) in [5.41, 5.74) is 2.45. The highest BCUT2D eigenvalue weighted by atomic mass is 32.2.